The number of carbonyl (C=O) groups is 1. The molecule has 0 heterocycles. The van der Waals surface area contributed by atoms with Crippen LogP contribution in [-0.4, -0.2) is 17.4 Å². The van der Waals surface area contributed by atoms with Gasteiger partial charge in [-0.1, -0.05) is 13.8 Å². The highest BCUT2D eigenvalue weighted by Crippen LogP contribution is 2.14. The van der Waals surface area contributed by atoms with Crippen LogP contribution >= 0.6 is 0 Å². The Hall–Kier alpha value is -1.06. The van der Waals surface area contributed by atoms with Gasteiger partial charge in [0.2, 0.25) is 5.91 Å². The van der Waals surface area contributed by atoms with Crippen molar-refractivity contribution < 1.29 is 4.79 Å². The molecule has 0 aromatic carbocycles. The van der Waals surface area contributed by atoms with Crippen molar-refractivity contribution in [2.24, 2.45) is 5.92 Å². The molecule has 4 nitrogen and oxygen atoms in total. The van der Waals surface area contributed by atoms with Crippen LogP contribution in [0.4, 0.5) is 0 Å². The lowest BCUT2D eigenvalue weighted by molar-refractivity contribution is -0.117. The topological polar surface area (TPSA) is 65.0 Å². The van der Waals surface area contributed by atoms with Crippen LogP contribution < -0.4 is 10.6 Å². The van der Waals surface area contributed by atoms with Crippen LogP contribution in [0.2, 0.25) is 0 Å². The lowest BCUT2D eigenvalue weighted by Gasteiger charge is -2.29. The van der Waals surface area contributed by atoms with Gasteiger partial charge >= 0.3 is 0 Å². The molecule has 0 radical (unpaired) electrons. The number of nitrogens with one attached hydrogen (secondary N) is 3. The molecular formula is C10H21N3O. The molecule has 0 fully saturated rings. The van der Waals surface area contributed by atoms with E-state index in [0.717, 1.165) is 6.42 Å². The van der Waals surface area contributed by atoms with Crippen LogP contribution in [0, 0.1) is 11.3 Å². The molecule has 82 valence electrons. The van der Waals surface area contributed by atoms with Gasteiger partial charge in [-0.3, -0.25) is 15.5 Å². The number of carbonyl (C=O) groups excluding carboxylic acids is 1. The van der Waals surface area contributed by atoms with E-state index in [1.54, 1.807) is 0 Å². The molecule has 0 aliphatic rings. The summed E-state index contributed by atoms with van der Waals surface area (Å²) in [7, 11) is 0. The maximum absolute atomic E-state index is 10.7. The molecule has 14 heavy (non-hydrogen) atoms. The average Bonchev–Trinajstić information content (AvgIpc) is 1.77. The molecular weight excluding hydrogens is 178 g/mol. The van der Waals surface area contributed by atoms with Crippen LogP contribution in [-0.2, 0) is 4.79 Å². The first-order valence-electron chi connectivity index (χ1n) is 4.87. The Bertz CT molecular complexity index is 221. The van der Waals surface area contributed by atoms with Gasteiger partial charge in [-0.05, 0) is 26.2 Å². The minimum absolute atomic E-state index is 0.0724. The van der Waals surface area contributed by atoms with E-state index in [1.807, 2.05) is 13.8 Å². The second kappa shape index (κ2) is 4.98. The summed E-state index contributed by atoms with van der Waals surface area (Å²) in [5, 5.41) is 12.9. The largest absolute Gasteiger partial charge is 0.351 e. The fraction of sp³-hybridized carbons (Fsp3) is 0.800. The standard InChI is InChI=1S/C10H21N3O/c1-7(2)6-10(4,5)13-9(11)12-8(3)14/h7H,6H2,1-5H3,(H3,11,12,13,14). The molecule has 0 aliphatic heterocycles. The fourth-order valence-electron chi connectivity index (χ4n) is 1.62. The van der Waals surface area contributed by atoms with Gasteiger partial charge in [-0.15, -0.1) is 0 Å². The average molecular weight is 199 g/mol. The molecule has 4 heteroatoms. The first-order chi connectivity index (χ1) is 6.23. The van der Waals surface area contributed by atoms with Crippen LogP contribution in [0.25, 0.3) is 0 Å². The predicted molar refractivity (Wildman–Crippen MR) is 58.2 cm³/mol. The second-order valence-corrected chi connectivity index (χ2v) is 4.66. The van der Waals surface area contributed by atoms with Crippen molar-refractivity contribution in [1.29, 1.82) is 5.41 Å². The fourth-order valence-corrected chi connectivity index (χ4v) is 1.62. The quantitative estimate of drug-likeness (QED) is 0.476. The number of amides is 1. The van der Waals surface area contributed by atoms with E-state index < -0.39 is 0 Å². The van der Waals surface area contributed by atoms with Crippen molar-refractivity contribution >= 4 is 11.9 Å². The number of rotatable bonds is 3. The van der Waals surface area contributed by atoms with Gasteiger partial charge in [0.25, 0.3) is 0 Å². The summed E-state index contributed by atoms with van der Waals surface area (Å²) in [6.07, 6.45) is 0.953. The minimum atomic E-state index is -0.220. The molecule has 0 aromatic heterocycles. The first kappa shape index (κ1) is 12.9. The van der Waals surface area contributed by atoms with Crippen molar-refractivity contribution in [2.75, 3.05) is 0 Å². The van der Waals surface area contributed by atoms with Gasteiger partial charge in [0.1, 0.15) is 0 Å². The van der Waals surface area contributed by atoms with E-state index in [2.05, 4.69) is 24.5 Å². The molecule has 0 atom stereocenters. The summed E-state index contributed by atoms with van der Waals surface area (Å²) in [5.41, 5.74) is -0.159. The summed E-state index contributed by atoms with van der Waals surface area (Å²) in [4.78, 5) is 10.7. The highest BCUT2D eigenvalue weighted by molar-refractivity contribution is 5.94. The zero-order valence-corrected chi connectivity index (χ0v) is 9.69. The van der Waals surface area contributed by atoms with E-state index >= 15 is 0 Å². The summed E-state index contributed by atoms with van der Waals surface area (Å²) in [5.74, 6) is 0.411. The summed E-state index contributed by atoms with van der Waals surface area (Å²) < 4.78 is 0. The Labute approximate surface area is 86.0 Å². The van der Waals surface area contributed by atoms with E-state index in [-0.39, 0.29) is 17.4 Å². The van der Waals surface area contributed by atoms with Gasteiger partial charge in [-0.25, -0.2) is 0 Å². The molecule has 0 bridgehead atoms. The van der Waals surface area contributed by atoms with Crippen molar-refractivity contribution in [3.63, 3.8) is 0 Å². The number of hydrogen-bond acceptors (Lipinski definition) is 2. The Balaban J connectivity index is 4.08. The number of guanidine groups is 1. The summed E-state index contributed by atoms with van der Waals surface area (Å²) >= 11 is 0. The van der Waals surface area contributed by atoms with Crippen molar-refractivity contribution in [3.05, 3.63) is 0 Å². The van der Waals surface area contributed by atoms with Gasteiger partial charge in [-0.2, -0.15) is 0 Å². The molecule has 0 saturated heterocycles. The van der Waals surface area contributed by atoms with E-state index in [1.165, 1.54) is 6.92 Å². The van der Waals surface area contributed by atoms with Crippen molar-refractivity contribution in [2.45, 2.75) is 46.6 Å². The third-order valence-corrected chi connectivity index (χ3v) is 1.68. The Morgan fingerprint density at radius 1 is 1.43 bits per heavy atom. The maximum Gasteiger partial charge on any atom is 0.223 e. The maximum atomic E-state index is 10.7. The van der Waals surface area contributed by atoms with E-state index in [0.29, 0.717) is 5.92 Å². The molecule has 0 aromatic rings. The molecule has 1 amide bonds. The van der Waals surface area contributed by atoms with Gasteiger partial charge in [0.15, 0.2) is 5.96 Å². The monoisotopic (exact) mass is 199 g/mol. The highest BCUT2D eigenvalue weighted by Gasteiger charge is 2.20. The normalized spacial score (nSPS) is 11.3. The number of hydrogen-bond donors (Lipinski definition) is 3. The Morgan fingerprint density at radius 3 is 2.29 bits per heavy atom. The SMILES string of the molecule is CC(=O)NC(=N)NC(C)(C)CC(C)C. The van der Waals surface area contributed by atoms with Gasteiger partial charge in [0, 0.05) is 12.5 Å². The summed E-state index contributed by atoms with van der Waals surface area (Å²) in [6.45, 7) is 9.69. The lowest BCUT2D eigenvalue weighted by atomic mass is 9.93. The third kappa shape index (κ3) is 6.46. The minimum Gasteiger partial charge on any atom is -0.351 e. The van der Waals surface area contributed by atoms with Crippen LogP contribution in [0.5, 0.6) is 0 Å². The lowest BCUT2D eigenvalue weighted by Crippen LogP contribution is -2.50. The van der Waals surface area contributed by atoms with E-state index in [4.69, 9.17) is 5.41 Å². The van der Waals surface area contributed by atoms with Crippen LogP contribution in [0.1, 0.15) is 41.0 Å². The van der Waals surface area contributed by atoms with Crippen molar-refractivity contribution in [1.82, 2.24) is 10.6 Å². The first-order valence-corrected chi connectivity index (χ1v) is 4.87. The smallest absolute Gasteiger partial charge is 0.223 e. The molecule has 3 N–H and O–H groups in total. The highest BCUT2D eigenvalue weighted by atomic mass is 16.1. The van der Waals surface area contributed by atoms with Crippen molar-refractivity contribution in [3.8, 4) is 0 Å². The molecule has 0 spiro atoms. The Kier molecular flexibility index (Phi) is 4.60. The molecule has 0 rings (SSSR count). The Morgan fingerprint density at radius 2 is 1.93 bits per heavy atom. The zero-order valence-electron chi connectivity index (χ0n) is 9.69. The molecule has 0 aliphatic carbocycles. The molecule has 0 unspecified atom stereocenters. The van der Waals surface area contributed by atoms with Gasteiger partial charge in [0.05, 0.1) is 0 Å². The zero-order chi connectivity index (χ0) is 11.4. The summed E-state index contributed by atoms with van der Waals surface area (Å²) in [6, 6.07) is 0. The second-order valence-electron chi connectivity index (χ2n) is 4.66. The van der Waals surface area contributed by atoms with Crippen LogP contribution in [0.3, 0.4) is 0 Å². The predicted octanol–water partition coefficient (Wildman–Crippen LogP) is 1.47. The van der Waals surface area contributed by atoms with Crippen LogP contribution in [0.15, 0.2) is 0 Å². The third-order valence-electron chi connectivity index (χ3n) is 1.68. The van der Waals surface area contributed by atoms with Gasteiger partial charge < -0.3 is 5.32 Å². The molecule has 0 saturated carbocycles. The van der Waals surface area contributed by atoms with E-state index in [9.17, 15) is 4.79 Å².